The molecule has 0 amide bonds. The van der Waals surface area contributed by atoms with Gasteiger partial charge in [0.25, 0.3) is 5.92 Å². The fraction of sp³-hybridized carbons (Fsp3) is 0.138. The van der Waals surface area contributed by atoms with Crippen LogP contribution in [0.4, 0.5) is 18.9 Å². The monoisotopic (exact) mass is 458 g/mol. The van der Waals surface area contributed by atoms with E-state index in [2.05, 4.69) is 16.9 Å². The maximum absolute atomic E-state index is 13.8. The van der Waals surface area contributed by atoms with Crippen molar-refractivity contribution in [2.75, 3.05) is 5.32 Å². The first-order chi connectivity index (χ1) is 16.4. The summed E-state index contributed by atoms with van der Waals surface area (Å²) in [5, 5.41) is 3.27. The highest BCUT2D eigenvalue weighted by atomic mass is 19.3. The molecular formula is C29H25F3N2. The summed E-state index contributed by atoms with van der Waals surface area (Å²) in [5.41, 5.74) is 6.11. The van der Waals surface area contributed by atoms with Crippen LogP contribution in [0.15, 0.2) is 103 Å². The molecule has 0 saturated heterocycles. The Hall–Kier alpha value is -3.86. The number of aromatic nitrogens is 1. The van der Waals surface area contributed by atoms with E-state index in [9.17, 15) is 13.2 Å². The maximum Gasteiger partial charge on any atom is 0.273 e. The fourth-order valence-corrected chi connectivity index (χ4v) is 3.77. The largest absolute Gasteiger partial charge is 0.359 e. The Kier molecular flexibility index (Phi) is 6.82. The van der Waals surface area contributed by atoms with E-state index >= 15 is 0 Å². The average Bonchev–Trinajstić information content (AvgIpc) is 2.85. The van der Waals surface area contributed by atoms with Crippen LogP contribution < -0.4 is 5.32 Å². The summed E-state index contributed by atoms with van der Waals surface area (Å²) in [5.74, 6) is -3.08. The minimum Gasteiger partial charge on any atom is -0.359 e. The molecule has 1 aromatic heterocycles. The molecule has 0 fully saturated rings. The first-order valence-corrected chi connectivity index (χ1v) is 11.1. The molecule has 34 heavy (non-hydrogen) atoms. The number of allylic oxidation sites excluding steroid dienone is 1. The van der Waals surface area contributed by atoms with Gasteiger partial charge in [-0.15, -0.1) is 0 Å². The highest BCUT2D eigenvalue weighted by molar-refractivity contribution is 5.81. The van der Waals surface area contributed by atoms with Gasteiger partial charge >= 0.3 is 0 Å². The second kappa shape index (κ2) is 9.96. The summed E-state index contributed by atoms with van der Waals surface area (Å²) >= 11 is 0. The minimum absolute atomic E-state index is 0.0300. The SMILES string of the molecule is C=C(Cc1ccc(C(F)(F)CC)cc1)Nc1ccc(-c2ncccc2-c2ccc(F)cc2)cc1. The molecule has 0 bridgehead atoms. The smallest absolute Gasteiger partial charge is 0.273 e. The van der Waals surface area contributed by atoms with E-state index in [0.29, 0.717) is 6.42 Å². The number of alkyl halides is 2. The number of halogens is 3. The zero-order valence-electron chi connectivity index (χ0n) is 18.9. The number of pyridine rings is 1. The van der Waals surface area contributed by atoms with Crippen LogP contribution in [0.1, 0.15) is 24.5 Å². The molecule has 0 saturated carbocycles. The summed E-state index contributed by atoms with van der Waals surface area (Å²) in [4.78, 5) is 4.54. The van der Waals surface area contributed by atoms with Crippen LogP contribution >= 0.6 is 0 Å². The molecule has 0 aliphatic rings. The molecule has 4 rings (SSSR count). The van der Waals surface area contributed by atoms with Gasteiger partial charge in [-0.05, 0) is 41.5 Å². The minimum atomic E-state index is -2.81. The van der Waals surface area contributed by atoms with Crippen molar-refractivity contribution in [3.8, 4) is 22.4 Å². The summed E-state index contributed by atoms with van der Waals surface area (Å²) in [6.45, 7) is 5.55. The van der Waals surface area contributed by atoms with E-state index in [1.54, 1.807) is 30.5 Å². The van der Waals surface area contributed by atoms with Crippen molar-refractivity contribution >= 4 is 5.69 Å². The molecule has 0 aliphatic carbocycles. The highest BCUT2D eigenvalue weighted by Crippen LogP contribution is 2.32. The number of nitrogens with zero attached hydrogens (tertiary/aromatic N) is 1. The predicted octanol–water partition coefficient (Wildman–Crippen LogP) is 8.22. The van der Waals surface area contributed by atoms with Gasteiger partial charge in [-0.1, -0.05) is 68.1 Å². The molecule has 0 spiro atoms. The molecule has 1 N–H and O–H groups in total. The van der Waals surface area contributed by atoms with Crippen molar-refractivity contribution in [1.29, 1.82) is 0 Å². The highest BCUT2D eigenvalue weighted by Gasteiger charge is 2.28. The normalized spacial score (nSPS) is 11.3. The molecule has 172 valence electrons. The van der Waals surface area contributed by atoms with E-state index in [4.69, 9.17) is 0 Å². The van der Waals surface area contributed by atoms with Crippen LogP contribution in [0.2, 0.25) is 0 Å². The molecule has 5 heteroatoms. The van der Waals surface area contributed by atoms with E-state index in [-0.39, 0.29) is 17.8 Å². The predicted molar refractivity (Wildman–Crippen MR) is 132 cm³/mol. The van der Waals surface area contributed by atoms with Crippen molar-refractivity contribution < 1.29 is 13.2 Å². The number of benzene rings is 3. The van der Waals surface area contributed by atoms with E-state index in [1.807, 2.05) is 36.4 Å². The molecule has 0 unspecified atom stereocenters. The Balaban J connectivity index is 1.45. The van der Waals surface area contributed by atoms with Crippen LogP contribution in [0, 0.1) is 5.82 Å². The third kappa shape index (κ3) is 5.37. The van der Waals surface area contributed by atoms with Gasteiger partial charge in [0.2, 0.25) is 0 Å². The lowest BCUT2D eigenvalue weighted by atomic mass is 9.99. The van der Waals surface area contributed by atoms with Crippen LogP contribution in [-0.4, -0.2) is 4.98 Å². The summed E-state index contributed by atoms with van der Waals surface area (Å²) in [6.07, 6.45) is 2.03. The Bertz CT molecular complexity index is 1260. The van der Waals surface area contributed by atoms with Gasteiger partial charge in [0.05, 0.1) is 5.69 Å². The number of nitrogens with one attached hydrogen (secondary N) is 1. The summed E-state index contributed by atoms with van der Waals surface area (Å²) in [7, 11) is 0. The third-order valence-corrected chi connectivity index (χ3v) is 5.68. The lowest BCUT2D eigenvalue weighted by Crippen LogP contribution is -2.11. The molecule has 2 nitrogen and oxygen atoms in total. The van der Waals surface area contributed by atoms with Gasteiger partial charge in [0.1, 0.15) is 5.82 Å². The van der Waals surface area contributed by atoms with Gasteiger partial charge in [-0.2, -0.15) is 0 Å². The van der Waals surface area contributed by atoms with E-state index in [0.717, 1.165) is 39.3 Å². The van der Waals surface area contributed by atoms with Gasteiger partial charge in [0.15, 0.2) is 0 Å². The zero-order valence-corrected chi connectivity index (χ0v) is 18.9. The molecule has 0 atom stereocenters. The van der Waals surface area contributed by atoms with Crippen molar-refractivity contribution in [3.63, 3.8) is 0 Å². The average molecular weight is 459 g/mol. The Morgan fingerprint density at radius 2 is 1.53 bits per heavy atom. The van der Waals surface area contributed by atoms with E-state index < -0.39 is 5.92 Å². The lowest BCUT2D eigenvalue weighted by molar-refractivity contribution is -0.00829. The van der Waals surface area contributed by atoms with Crippen LogP contribution in [0.5, 0.6) is 0 Å². The Labute approximate surface area is 197 Å². The summed E-state index contributed by atoms with van der Waals surface area (Å²) in [6, 6.07) is 24.4. The zero-order chi connectivity index (χ0) is 24.1. The second-order valence-corrected chi connectivity index (χ2v) is 8.14. The maximum atomic E-state index is 13.8. The fourth-order valence-electron chi connectivity index (χ4n) is 3.77. The molecule has 3 aromatic carbocycles. The van der Waals surface area contributed by atoms with E-state index in [1.165, 1.54) is 31.2 Å². The number of rotatable bonds is 8. The van der Waals surface area contributed by atoms with Gasteiger partial charge < -0.3 is 5.32 Å². The van der Waals surface area contributed by atoms with Gasteiger partial charge in [0, 0.05) is 47.1 Å². The number of anilines is 1. The molecule has 0 aliphatic heterocycles. The van der Waals surface area contributed by atoms with Crippen molar-refractivity contribution in [2.24, 2.45) is 0 Å². The molecule has 1 heterocycles. The topological polar surface area (TPSA) is 24.9 Å². The first kappa shape index (κ1) is 23.3. The van der Waals surface area contributed by atoms with Gasteiger partial charge in [-0.3, -0.25) is 4.98 Å². The Morgan fingerprint density at radius 3 is 2.18 bits per heavy atom. The second-order valence-electron chi connectivity index (χ2n) is 8.14. The Morgan fingerprint density at radius 1 is 0.882 bits per heavy atom. The lowest BCUT2D eigenvalue weighted by Gasteiger charge is -2.15. The van der Waals surface area contributed by atoms with Crippen LogP contribution in [-0.2, 0) is 12.3 Å². The molecular weight excluding hydrogens is 433 g/mol. The van der Waals surface area contributed by atoms with Crippen molar-refractivity contribution in [1.82, 2.24) is 4.98 Å². The molecule has 0 radical (unpaired) electrons. The van der Waals surface area contributed by atoms with Crippen LogP contribution in [0.25, 0.3) is 22.4 Å². The van der Waals surface area contributed by atoms with Crippen molar-refractivity contribution in [3.05, 3.63) is 120 Å². The third-order valence-electron chi connectivity index (χ3n) is 5.68. The number of hydrogen-bond acceptors (Lipinski definition) is 2. The van der Waals surface area contributed by atoms with Gasteiger partial charge in [-0.25, -0.2) is 13.2 Å². The molecule has 4 aromatic rings. The first-order valence-electron chi connectivity index (χ1n) is 11.1. The van der Waals surface area contributed by atoms with Crippen LogP contribution in [0.3, 0.4) is 0 Å². The number of hydrogen-bond donors (Lipinski definition) is 1. The summed E-state index contributed by atoms with van der Waals surface area (Å²) < 4.78 is 41.0. The standard InChI is InChI=1S/C29H25F3N2/c1-3-29(31,32)24-12-6-21(7-13-24)19-20(2)34-26-16-10-23(11-17-26)28-27(5-4-18-33-28)22-8-14-25(30)15-9-22/h4-18,34H,2-3,19H2,1H3. The quantitative estimate of drug-likeness (QED) is 0.288. The van der Waals surface area contributed by atoms with Crippen molar-refractivity contribution in [2.45, 2.75) is 25.7 Å².